The Kier molecular flexibility index (Phi) is 7.52. The predicted molar refractivity (Wildman–Crippen MR) is 78.2 cm³/mol. The van der Waals surface area contributed by atoms with Gasteiger partial charge in [0.15, 0.2) is 0 Å². The zero-order valence-electron chi connectivity index (χ0n) is 12.1. The van der Waals surface area contributed by atoms with Crippen molar-refractivity contribution in [2.75, 3.05) is 26.9 Å². The van der Waals surface area contributed by atoms with Gasteiger partial charge in [-0.15, -0.1) is 0 Å². The molecule has 1 rings (SSSR count). The van der Waals surface area contributed by atoms with Gasteiger partial charge in [0.05, 0.1) is 19.4 Å². The van der Waals surface area contributed by atoms with Crippen LogP contribution in [0.4, 0.5) is 0 Å². The molecule has 0 aliphatic heterocycles. The molecular weight excluding hydrogens is 274 g/mol. The Bertz CT molecular complexity index is 485. The molecule has 7 heteroatoms. The summed E-state index contributed by atoms with van der Waals surface area (Å²) in [5, 5.41) is 6.10. The Hall–Kier alpha value is -2.41. The number of nitrogens with zero attached hydrogens (tertiary/aromatic N) is 1. The van der Waals surface area contributed by atoms with E-state index in [0.29, 0.717) is 13.2 Å². The lowest BCUT2D eigenvalue weighted by atomic mass is 10.2. The summed E-state index contributed by atoms with van der Waals surface area (Å²) in [6, 6.07) is 7.17. The molecule has 1 aromatic rings. The van der Waals surface area contributed by atoms with Crippen LogP contribution in [0.5, 0.6) is 5.75 Å². The SMILES string of the molecule is CCOc1ccc(C=NNC(=O)C(=O)NCCOC)cc1. The summed E-state index contributed by atoms with van der Waals surface area (Å²) in [6.45, 7) is 3.12. The minimum absolute atomic E-state index is 0.269. The number of hydrogen-bond donors (Lipinski definition) is 2. The summed E-state index contributed by atoms with van der Waals surface area (Å²) >= 11 is 0. The van der Waals surface area contributed by atoms with Crippen LogP contribution in [0.15, 0.2) is 29.4 Å². The molecule has 21 heavy (non-hydrogen) atoms. The molecule has 2 amide bonds. The van der Waals surface area contributed by atoms with Crippen molar-refractivity contribution in [3.05, 3.63) is 29.8 Å². The highest BCUT2D eigenvalue weighted by Gasteiger charge is 2.10. The zero-order chi connectivity index (χ0) is 15.5. The first kappa shape index (κ1) is 16.6. The first-order chi connectivity index (χ1) is 10.2. The molecule has 0 aromatic heterocycles. The third-order valence-electron chi connectivity index (χ3n) is 2.37. The van der Waals surface area contributed by atoms with Crippen molar-refractivity contribution in [2.45, 2.75) is 6.92 Å². The third-order valence-corrected chi connectivity index (χ3v) is 2.37. The minimum atomic E-state index is -0.826. The van der Waals surface area contributed by atoms with Gasteiger partial charge in [0.1, 0.15) is 5.75 Å². The number of ether oxygens (including phenoxy) is 2. The van der Waals surface area contributed by atoms with Crippen molar-refractivity contribution in [1.82, 2.24) is 10.7 Å². The number of nitrogens with one attached hydrogen (secondary N) is 2. The molecule has 0 radical (unpaired) electrons. The molecule has 1 aromatic carbocycles. The number of carbonyl (C=O) groups is 2. The van der Waals surface area contributed by atoms with Crippen LogP contribution in [0.25, 0.3) is 0 Å². The van der Waals surface area contributed by atoms with Gasteiger partial charge in [-0.2, -0.15) is 5.10 Å². The number of benzene rings is 1. The van der Waals surface area contributed by atoms with Crippen molar-refractivity contribution < 1.29 is 19.1 Å². The van der Waals surface area contributed by atoms with Gasteiger partial charge in [-0.1, -0.05) is 0 Å². The van der Waals surface area contributed by atoms with Crippen LogP contribution in [-0.4, -0.2) is 44.9 Å². The maximum absolute atomic E-state index is 11.4. The van der Waals surface area contributed by atoms with Crippen molar-refractivity contribution >= 4 is 18.0 Å². The van der Waals surface area contributed by atoms with E-state index >= 15 is 0 Å². The van der Waals surface area contributed by atoms with Gasteiger partial charge in [-0.05, 0) is 36.8 Å². The quantitative estimate of drug-likeness (QED) is 0.327. The number of amides is 2. The number of methoxy groups -OCH3 is 1. The maximum atomic E-state index is 11.4. The Morgan fingerprint density at radius 1 is 1.24 bits per heavy atom. The molecule has 0 saturated carbocycles. The van der Waals surface area contributed by atoms with Gasteiger partial charge in [-0.3, -0.25) is 9.59 Å². The molecule has 0 atom stereocenters. The molecule has 2 N–H and O–H groups in total. The Balaban J connectivity index is 2.39. The van der Waals surface area contributed by atoms with Gasteiger partial charge in [0.25, 0.3) is 0 Å². The normalized spacial score (nSPS) is 10.4. The largest absolute Gasteiger partial charge is 0.494 e. The van der Waals surface area contributed by atoms with Crippen molar-refractivity contribution in [3.8, 4) is 5.75 Å². The Labute approximate surface area is 123 Å². The first-order valence-electron chi connectivity index (χ1n) is 6.50. The van der Waals surface area contributed by atoms with Crippen LogP contribution >= 0.6 is 0 Å². The van der Waals surface area contributed by atoms with E-state index in [-0.39, 0.29) is 6.54 Å². The van der Waals surface area contributed by atoms with Crippen molar-refractivity contribution in [1.29, 1.82) is 0 Å². The van der Waals surface area contributed by atoms with E-state index in [4.69, 9.17) is 9.47 Å². The Morgan fingerprint density at radius 3 is 2.57 bits per heavy atom. The monoisotopic (exact) mass is 293 g/mol. The molecule has 0 unspecified atom stereocenters. The van der Waals surface area contributed by atoms with E-state index in [1.165, 1.54) is 13.3 Å². The number of hydrazone groups is 1. The molecule has 0 saturated heterocycles. The maximum Gasteiger partial charge on any atom is 0.329 e. The lowest BCUT2D eigenvalue weighted by molar-refractivity contribution is -0.139. The second kappa shape index (κ2) is 9.49. The average Bonchev–Trinajstić information content (AvgIpc) is 2.49. The molecule has 114 valence electrons. The molecule has 0 fully saturated rings. The van der Waals surface area contributed by atoms with Crippen molar-refractivity contribution in [3.63, 3.8) is 0 Å². The highest BCUT2D eigenvalue weighted by Crippen LogP contribution is 2.10. The summed E-state index contributed by atoms with van der Waals surface area (Å²) in [5.41, 5.74) is 2.92. The Morgan fingerprint density at radius 2 is 1.95 bits per heavy atom. The second-order valence-electron chi connectivity index (χ2n) is 3.95. The van der Waals surface area contributed by atoms with Crippen LogP contribution in [-0.2, 0) is 14.3 Å². The van der Waals surface area contributed by atoms with Gasteiger partial charge in [-0.25, -0.2) is 5.43 Å². The van der Waals surface area contributed by atoms with Gasteiger partial charge in [0, 0.05) is 13.7 Å². The minimum Gasteiger partial charge on any atom is -0.494 e. The molecule has 0 aliphatic rings. The number of carbonyl (C=O) groups excluding carboxylic acids is 2. The smallest absolute Gasteiger partial charge is 0.329 e. The topological polar surface area (TPSA) is 89.0 Å². The van der Waals surface area contributed by atoms with E-state index in [1.54, 1.807) is 24.3 Å². The summed E-state index contributed by atoms with van der Waals surface area (Å²) in [4.78, 5) is 22.7. The number of hydrogen-bond acceptors (Lipinski definition) is 5. The lowest BCUT2D eigenvalue weighted by Crippen LogP contribution is -2.39. The number of rotatable bonds is 7. The fourth-order valence-corrected chi connectivity index (χ4v) is 1.38. The third kappa shape index (κ3) is 6.53. The summed E-state index contributed by atoms with van der Waals surface area (Å²) in [7, 11) is 1.51. The van der Waals surface area contributed by atoms with Crippen LogP contribution in [0.2, 0.25) is 0 Å². The average molecular weight is 293 g/mol. The summed E-state index contributed by atoms with van der Waals surface area (Å²) in [6.07, 6.45) is 1.44. The molecule has 0 aliphatic carbocycles. The van der Waals surface area contributed by atoms with Gasteiger partial charge >= 0.3 is 11.8 Å². The molecule has 0 bridgehead atoms. The van der Waals surface area contributed by atoms with E-state index in [2.05, 4.69) is 15.8 Å². The van der Waals surface area contributed by atoms with E-state index in [1.807, 2.05) is 6.92 Å². The van der Waals surface area contributed by atoms with E-state index < -0.39 is 11.8 Å². The fraction of sp³-hybridized carbons (Fsp3) is 0.357. The standard InChI is InChI=1S/C14H19N3O4/c1-3-21-12-6-4-11(5-7-12)10-16-17-14(19)13(18)15-8-9-20-2/h4-7,10H,3,8-9H2,1-2H3,(H,15,18)(H,17,19). The van der Waals surface area contributed by atoms with E-state index in [0.717, 1.165) is 11.3 Å². The van der Waals surface area contributed by atoms with Crippen LogP contribution < -0.4 is 15.5 Å². The van der Waals surface area contributed by atoms with Gasteiger partial charge in [0.2, 0.25) is 0 Å². The fourth-order valence-electron chi connectivity index (χ4n) is 1.38. The van der Waals surface area contributed by atoms with Crippen LogP contribution in [0.1, 0.15) is 12.5 Å². The van der Waals surface area contributed by atoms with E-state index in [9.17, 15) is 9.59 Å². The highest BCUT2D eigenvalue weighted by atomic mass is 16.5. The lowest BCUT2D eigenvalue weighted by Gasteiger charge is -2.03. The second-order valence-corrected chi connectivity index (χ2v) is 3.95. The van der Waals surface area contributed by atoms with Crippen LogP contribution in [0, 0.1) is 0 Å². The first-order valence-corrected chi connectivity index (χ1v) is 6.50. The summed E-state index contributed by atoms with van der Waals surface area (Å²) in [5.74, 6) is -0.819. The highest BCUT2D eigenvalue weighted by molar-refractivity contribution is 6.35. The molecular formula is C14H19N3O4. The van der Waals surface area contributed by atoms with Crippen molar-refractivity contribution in [2.24, 2.45) is 5.10 Å². The predicted octanol–water partition coefficient (Wildman–Crippen LogP) is 0.298. The van der Waals surface area contributed by atoms with Crippen LogP contribution in [0.3, 0.4) is 0 Å². The molecule has 0 heterocycles. The molecule has 7 nitrogen and oxygen atoms in total. The van der Waals surface area contributed by atoms with Gasteiger partial charge < -0.3 is 14.8 Å². The zero-order valence-corrected chi connectivity index (χ0v) is 12.1. The molecule has 0 spiro atoms. The summed E-state index contributed by atoms with van der Waals surface area (Å²) < 4.78 is 10.1.